The van der Waals surface area contributed by atoms with E-state index in [4.69, 9.17) is 15.2 Å². The average molecular weight is 283 g/mol. The van der Waals surface area contributed by atoms with Crippen LogP contribution < -0.4 is 15.2 Å². The van der Waals surface area contributed by atoms with Gasteiger partial charge in [0.25, 0.3) is 0 Å². The van der Waals surface area contributed by atoms with Crippen molar-refractivity contribution in [2.75, 3.05) is 7.11 Å². The van der Waals surface area contributed by atoms with Crippen molar-refractivity contribution in [1.82, 2.24) is 9.55 Å². The number of aromatic nitrogens is 2. The Bertz CT molecular complexity index is 572. The lowest BCUT2D eigenvalue weighted by atomic mass is 10.2. The van der Waals surface area contributed by atoms with Gasteiger partial charge in [-0.1, -0.05) is 6.07 Å². The maximum atomic E-state index is 12.7. The molecular formula is C13H15F2N3O2. The number of hydrogen-bond acceptors (Lipinski definition) is 4. The van der Waals surface area contributed by atoms with Crippen LogP contribution in [0.4, 0.5) is 8.78 Å². The van der Waals surface area contributed by atoms with Gasteiger partial charge < -0.3 is 15.2 Å². The van der Waals surface area contributed by atoms with Crippen molar-refractivity contribution in [3.8, 4) is 11.5 Å². The van der Waals surface area contributed by atoms with E-state index in [0.717, 1.165) is 10.1 Å². The molecule has 0 radical (unpaired) electrons. The molecule has 7 heteroatoms. The van der Waals surface area contributed by atoms with Crippen molar-refractivity contribution in [1.29, 1.82) is 0 Å². The number of ether oxygens (including phenoxy) is 2. The van der Waals surface area contributed by atoms with E-state index in [2.05, 4.69) is 4.98 Å². The molecule has 1 heterocycles. The van der Waals surface area contributed by atoms with Crippen LogP contribution in [0, 0.1) is 0 Å². The van der Waals surface area contributed by atoms with Crippen molar-refractivity contribution in [3.63, 3.8) is 0 Å². The maximum Gasteiger partial charge on any atom is 0.320 e. The van der Waals surface area contributed by atoms with Crippen LogP contribution in [-0.4, -0.2) is 16.7 Å². The molecule has 0 fully saturated rings. The molecule has 0 aliphatic carbocycles. The normalized spacial score (nSPS) is 10.8. The predicted molar refractivity (Wildman–Crippen MR) is 68.7 cm³/mol. The van der Waals surface area contributed by atoms with E-state index < -0.39 is 6.55 Å². The number of nitrogens with two attached hydrogens (primary N) is 1. The number of imidazole rings is 1. The standard InChI is InChI=1S/C13H15F2N3O2/c1-19-11-6-9(7-16)2-3-10(11)20-8-12-17-4-5-18(12)13(14)15/h2-6,13H,7-8,16H2,1H3. The first-order valence-corrected chi connectivity index (χ1v) is 5.95. The van der Waals surface area contributed by atoms with Crippen molar-refractivity contribution in [2.24, 2.45) is 5.73 Å². The molecule has 0 aliphatic rings. The summed E-state index contributed by atoms with van der Waals surface area (Å²) in [5, 5.41) is 0. The molecule has 0 spiro atoms. The Hall–Kier alpha value is -2.15. The topological polar surface area (TPSA) is 62.3 Å². The van der Waals surface area contributed by atoms with Gasteiger partial charge in [0.15, 0.2) is 17.3 Å². The van der Waals surface area contributed by atoms with Crippen LogP contribution >= 0.6 is 0 Å². The number of methoxy groups -OCH3 is 1. The second-order valence-corrected chi connectivity index (χ2v) is 4.01. The highest BCUT2D eigenvalue weighted by molar-refractivity contribution is 5.42. The number of benzene rings is 1. The summed E-state index contributed by atoms with van der Waals surface area (Å²) in [6, 6.07) is 5.23. The van der Waals surface area contributed by atoms with Crippen molar-refractivity contribution >= 4 is 0 Å². The minimum absolute atomic E-state index is 0.0737. The third-order valence-corrected chi connectivity index (χ3v) is 2.78. The van der Waals surface area contributed by atoms with E-state index in [1.165, 1.54) is 19.5 Å². The fourth-order valence-electron chi connectivity index (χ4n) is 1.73. The molecule has 1 aromatic heterocycles. The third kappa shape index (κ3) is 3.05. The predicted octanol–water partition coefficient (Wildman–Crippen LogP) is 2.32. The first-order chi connectivity index (χ1) is 9.65. The zero-order valence-electron chi connectivity index (χ0n) is 10.9. The number of rotatable bonds is 6. The Morgan fingerprint density at radius 2 is 2.15 bits per heavy atom. The van der Waals surface area contributed by atoms with Gasteiger partial charge in [-0.05, 0) is 17.7 Å². The van der Waals surface area contributed by atoms with E-state index in [1.807, 2.05) is 0 Å². The Labute approximate surface area is 114 Å². The fourth-order valence-corrected chi connectivity index (χ4v) is 1.73. The molecule has 2 aromatic rings. The van der Waals surface area contributed by atoms with E-state index in [0.29, 0.717) is 18.0 Å². The van der Waals surface area contributed by atoms with Crippen LogP contribution in [0.3, 0.4) is 0 Å². The monoisotopic (exact) mass is 283 g/mol. The molecule has 2 N–H and O–H groups in total. The van der Waals surface area contributed by atoms with Gasteiger partial charge in [0.1, 0.15) is 6.61 Å². The molecule has 0 bridgehead atoms. The van der Waals surface area contributed by atoms with Gasteiger partial charge in [0.05, 0.1) is 7.11 Å². The Kier molecular flexibility index (Phi) is 4.52. The lowest BCUT2D eigenvalue weighted by molar-refractivity contribution is 0.0631. The van der Waals surface area contributed by atoms with Gasteiger partial charge >= 0.3 is 6.55 Å². The maximum absolute atomic E-state index is 12.7. The average Bonchev–Trinajstić information content (AvgIpc) is 2.93. The van der Waals surface area contributed by atoms with Crippen LogP contribution in [0.25, 0.3) is 0 Å². The zero-order chi connectivity index (χ0) is 14.5. The highest BCUT2D eigenvalue weighted by Gasteiger charge is 2.13. The largest absolute Gasteiger partial charge is 0.493 e. The van der Waals surface area contributed by atoms with Crippen LogP contribution in [0.5, 0.6) is 11.5 Å². The molecule has 108 valence electrons. The Balaban J connectivity index is 2.12. The lowest BCUT2D eigenvalue weighted by Crippen LogP contribution is -2.08. The summed E-state index contributed by atoms with van der Waals surface area (Å²) < 4.78 is 36.7. The summed E-state index contributed by atoms with van der Waals surface area (Å²) in [7, 11) is 1.50. The number of hydrogen-bond donors (Lipinski definition) is 1. The molecular weight excluding hydrogens is 268 g/mol. The lowest BCUT2D eigenvalue weighted by Gasteiger charge is -2.12. The third-order valence-electron chi connectivity index (χ3n) is 2.78. The number of nitrogens with zero attached hydrogens (tertiary/aromatic N) is 2. The molecule has 20 heavy (non-hydrogen) atoms. The molecule has 0 aliphatic heterocycles. The van der Waals surface area contributed by atoms with Crippen molar-refractivity contribution in [3.05, 3.63) is 42.0 Å². The summed E-state index contributed by atoms with van der Waals surface area (Å²) >= 11 is 0. The van der Waals surface area contributed by atoms with Crippen molar-refractivity contribution in [2.45, 2.75) is 19.7 Å². The van der Waals surface area contributed by atoms with E-state index in [1.54, 1.807) is 18.2 Å². The molecule has 0 amide bonds. The van der Waals surface area contributed by atoms with Crippen molar-refractivity contribution < 1.29 is 18.3 Å². The Morgan fingerprint density at radius 3 is 2.80 bits per heavy atom. The highest BCUT2D eigenvalue weighted by atomic mass is 19.3. The van der Waals surface area contributed by atoms with Gasteiger partial charge in [-0.3, -0.25) is 4.57 Å². The quantitative estimate of drug-likeness (QED) is 0.883. The molecule has 0 saturated carbocycles. The summed E-state index contributed by atoms with van der Waals surface area (Å²) in [6.07, 6.45) is 2.51. The van der Waals surface area contributed by atoms with Gasteiger partial charge in [0, 0.05) is 18.9 Å². The Morgan fingerprint density at radius 1 is 1.35 bits per heavy atom. The second kappa shape index (κ2) is 6.33. The van der Waals surface area contributed by atoms with Gasteiger partial charge in [-0.2, -0.15) is 8.78 Å². The summed E-state index contributed by atoms with van der Waals surface area (Å²) in [4.78, 5) is 3.84. The molecule has 1 aromatic carbocycles. The van der Waals surface area contributed by atoms with Gasteiger partial charge in [-0.25, -0.2) is 4.98 Å². The molecule has 0 saturated heterocycles. The number of alkyl halides is 2. The van der Waals surface area contributed by atoms with Crippen LogP contribution in [-0.2, 0) is 13.2 Å². The first-order valence-electron chi connectivity index (χ1n) is 5.95. The summed E-state index contributed by atoms with van der Waals surface area (Å²) in [5.41, 5.74) is 6.43. The van der Waals surface area contributed by atoms with E-state index >= 15 is 0 Å². The minimum atomic E-state index is -2.64. The van der Waals surface area contributed by atoms with Gasteiger partial charge in [0.2, 0.25) is 0 Å². The SMILES string of the molecule is COc1cc(CN)ccc1OCc1nccn1C(F)F. The smallest absolute Gasteiger partial charge is 0.320 e. The summed E-state index contributed by atoms with van der Waals surface area (Å²) in [5.74, 6) is 1.10. The molecule has 5 nitrogen and oxygen atoms in total. The second-order valence-electron chi connectivity index (χ2n) is 4.01. The van der Waals surface area contributed by atoms with Gasteiger partial charge in [-0.15, -0.1) is 0 Å². The van der Waals surface area contributed by atoms with Crippen LogP contribution in [0.2, 0.25) is 0 Å². The fraction of sp³-hybridized carbons (Fsp3) is 0.308. The molecule has 2 rings (SSSR count). The molecule has 0 atom stereocenters. The van der Waals surface area contributed by atoms with Crippen LogP contribution in [0.15, 0.2) is 30.6 Å². The van der Waals surface area contributed by atoms with E-state index in [-0.39, 0.29) is 12.4 Å². The zero-order valence-corrected chi connectivity index (χ0v) is 10.9. The highest BCUT2D eigenvalue weighted by Crippen LogP contribution is 2.28. The summed E-state index contributed by atoms with van der Waals surface area (Å²) in [6.45, 7) is -2.33. The minimum Gasteiger partial charge on any atom is -0.493 e. The van der Waals surface area contributed by atoms with E-state index in [9.17, 15) is 8.78 Å². The number of halogens is 2. The first kappa shape index (κ1) is 14.3. The van der Waals surface area contributed by atoms with Crippen LogP contribution in [0.1, 0.15) is 17.9 Å². The molecule has 0 unspecified atom stereocenters.